The quantitative estimate of drug-likeness (QED) is 0.509. The maximum atomic E-state index is 11.7. The Bertz CT molecular complexity index is 695. The van der Waals surface area contributed by atoms with E-state index in [2.05, 4.69) is 15.3 Å². The standard InChI is InChI=1S/C10H12N6O4/c1-15-4-16(3-5(17)12-2-6(18)19)8-7(15)9(20)14-10(11)13-8/h4H,2-3H2,1H3,(H4-,11,12,13,14,17,18,19,20). The van der Waals surface area contributed by atoms with Gasteiger partial charge in [0.1, 0.15) is 6.54 Å². The predicted molar refractivity (Wildman–Crippen MR) is 63.2 cm³/mol. The van der Waals surface area contributed by atoms with Crippen molar-refractivity contribution in [2.45, 2.75) is 6.54 Å². The van der Waals surface area contributed by atoms with Crippen LogP contribution in [0, 0.1) is 0 Å². The molecule has 0 aliphatic heterocycles. The number of anilines is 1. The lowest BCUT2D eigenvalue weighted by molar-refractivity contribution is -0.661. The molecule has 0 aliphatic rings. The number of carbonyl (C=O) groups is 2. The molecule has 0 bridgehead atoms. The van der Waals surface area contributed by atoms with Gasteiger partial charge in [-0.05, 0) is 0 Å². The molecule has 2 rings (SSSR count). The molecular formula is C10H12N6O4. The lowest BCUT2D eigenvalue weighted by Crippen LogP contribution is -2.43. The number of carboxylic acids is 1. The molecule has 0 radical (unpaired) electrons. The van der Waals surface area contributed by atoms with E-state index in [9.17, 15) is 14.7 Å². The summed E-state index contributed by atoms with van der Waals surface area (Å²) in [6.07, 6.45) is 1.49. The van der Waals surface area contributed by atoms with Gasteiger partial charge < -0.3 is 21.3 Å². The van der Waals surface area contributed by atoms with Crippen molar-refractivity contribution >= 4 is 29.0 Å². The summed E-state index contributed by atoms with van der Waals surface area (Å²) in [6.45, 7) is -0.658. The number of rotatable bonds is 4. The molecule has 106 valence electrons. The number of amides is 1. The molecule has 0 saturated carbocycles. The molecule has 0 saturated heterocycles. The Hall–Kier alpha value is -2.91. The van der Waals surface area contributed by atoms with Crippen molar-refractivity contribution in [3.8, 4) is 5.88 Å². The molecule has 0 aliphatic carbocycles. The topological polar surface area (TPSA) is 150 Å². The van der Waals surface area contributed by atoms with Crippen LogP contribution >= 0.6 is 0 Å². The van der Waals surface area contributed by atoms with Gasteiger partial charge >= 0.3 is 11.6 Å². The first-order chi connectivity index (χ1) is 9.38. The SMILES string of the molecule is Cn1c[n+](CC(=O)NCC(=O)O)c2nc(N)nc([O-])c21. The highest BCUT2D eigenvalue weighted by Gasteiger charge is 2.19. The number of aromatic nitrogens is 4. The van der Waals surface area contributed by atoms with Gasteiger partial charge in [-0.25, -0.2) is 9.55 Å². The molecule has 2 aromatic rings. The van der Waals surface area contributed by atoms with Crippen LogP contribution in [0.4, 0.5) is 5.95 Å². The molecule has 0 fully saturated rings. The van der Waals surface area contributed by atoms with E-state index >= 15 is 0 Å². The highest BCUT2D eigenvalue weighted by atomic mass is 16.4. The smallest absolute Gasteiger partial charge is 0.322 e. The largest absolute Gasteiger partial charge is 0.856 e. The van der Waals surface area contributed by atoms with Crippen molar-refractivity contribution in [1.82, 2.24) is 19.9 Å². The Morgan fingerprint density at radius 3 is 2.90 bits per heavy atom. The molecule has 2 heterocycles. The average Bonchev–Trinajstić information content (AvgIpc) is 2.63. The number of carbonyl (C=O) groups excluding carboxylic acids is 1. The summed E-state index contributed by atoms with van der Waals surface area (Å²) < 4.78 is 2.87. The summed E-state index contributed by atoms with van der Waals surface area (Å²) in [4.78, 5) is 29.4. The van der Waals surface area contributed by atoms with Crippen LogP contribution in [0.3, 0.4) is 0 Å². The Morgan fingerprint density at radius 2 is 2.25 bits per heavy atom. The van der Waals surface area contributed by atoms with E-state index < -0.39 is 24.3 Å². The van der Waals surface area contributed by atoms with Gasteiger partial charge in [-0.2, -0.15) is 0 Å². The first kappa shape index (κ1) is 13.5. The lowest BCUT2D eigenvalue weighted by Gasteiger charge is -2.03. The van der Waals surface area contributed by atoms with Gasteiger partial charge in [0.2, 0.25) is 0 Å². The number of hydrogen-bond donors (Lipinski definition) is 3. The van der Waals surface area contributed by atoms with E-state index in [0.29, 0.717) is 0 Å². The van der Waals surface area contributed by atoms with Gasteiger partial charge in [0.15, 0.2) is 18.4 Å². The number of nitrogen functional groups attached to an aromatic ring is 1. The van der Waals surface area contributed by atoms with Gasteiger partial charge in [0.25, 0.3) is 11.9 Å². The molecule has 1 amide bonds. The van der Waals surface area contributed by atoms with Crippen LogP contribution in [0.5, 0.6) is 5.88 Å². The number of nitrogens with two attached hydrogens (primary N) is 1. The summed E-state index contributed by atoms with van der Waals surface area (Å²) in [6, 6.07) is 0. The minimum Gasteiger partial charge on any atom is -0.856 e. The van der Waals surface area contributed by atoms with Crippen LogP contribution in [0.1, 0.15) is 0 Å². The number of nitrogens with zero attached hydrogens (tertiary/aromatic N) is 4. The third kappa shape index (κ3) is 2.58. The van der Waals surface area contributed by atoms with Crippen LogP contribution in [0.15, 0.2) is 6.33 Å². The Balaban J connectivity index is 2.31. The first-order valence-electron chi connectivity index (χ1n) is 5.56. The molecule has 4 N–H and O–H groups in total. The predicted octanol–water partition coefficient (Wildman–Crippen LogP) is -2.89. The summed E-state index contributed by atoms with van der Waals surface area (Å²) in [7, 11) is 1.61. The molecular weight excluding hydrogens is 268 g/mol. The van der Waals surface area contributed by atoms with Crippen LogP contribution in [0.2, 0.25) is 0 Å². The van der Waals surface area contributed by atoms with Crippen molar-refractivity contribution in [2.75, 3.05) is 12.3 Å². The van der Waals surface area contributed by atoms with E-state index in [4.69, 9.17) is 10.8 Å². The number of aliphatic carboxylic acids is 1. The maximum Gasteiger partial charge on any atom is 0.322 e. The second-order valence-electron chi connectivity index (χ2n) is 4.08. The zero-order chi connectivity index (χ0) is 14.9. The average molecular weight is 280 g/mol. The van der Waals surface area contributed by atoms with Crippen LogP contribution in [-0.4, -0.2) is 38.1 Å². The summed E-state index contributed by atoms with van der Waals surface area (Å²) in [5, 5.41) is 22.4. The molecule has 20 heavy (non-hydrogen) atoms. The molecule has 0 aromatic carbocycles. The van der Waals surface area contributed by atoms with Crippen LogP contribution in [0.25, 0.3) is 11.2 Å². The molecule has 0 atom stereocenters. The molecule has 10 heteroatoms. The van der Waals surface area contributed by atoms with Crippen molar-refractivity contribution in [3.63, 3.8) is 0 Å². The third-order valence-corrected chi connectivity index (χ3v) is 2.54. The molecule has 0 unspecified atom stereocenters. The number of carboxylic acid groups (broad SMARTS) is 1. The summed E-state index contributed by atoms with van der Waals surface area (Å²) >= 11 is 0. The zero-order valence-corrected chi connectivity index (χ0v) is 10.5. The van der Waals surface area contributed by atoms with Crippen LogP contribution < -0.4 is 20.7 Å². The minimum atomic E-state index is -1.14. The fraction of sp³-hybridized carbons (Fsp3) is 0.300. The normalized spacial score (nSPS) is 10.7. The molecule has 0 spiro atoms. The zero-order valence-electron chi connectivity index (χ0n) is 10.5. The maximum absolute atomic E-state index is 11.7. The van der Waals surface area contributed by atoms with E-state index in [1.165, 1.54) is 15.5 Å². The number of aryl methyl sites for hydroxylation is 1. The van der Waals surface area contributed by atoms with Crippen molar-refractivity contribution in [1.29, 1.82) is 0 Å². The first-order valence-corrected chi connectivity index (χ1v) is 5.56. The number of imidazole rings is 1. The van der Waals surface area contributed by atoms with Gasteiger partial charge in [0, 0.05) is 5.88 Å². The van der Waals surface area contributed by atoms with Crippen molar-refractivity contribution in [3.05, 3.63) is 6.33 Å². The van der Waals surface area contributed by atoms with Gasteiger partial charge in [-0.1, -0.05) is 4.98 Å². The fourth-order valence-electron chi connectivity index (χ4n) is 1.77. The number of nitrogens with one attached hydrogen (secondary N) is 1. The summed E-state index contributed by atoms with van der Waals surface area (Å²) in [5.41, 5.74) is 5.84. The third-order valence-electron chi connectivity index (χ3n) is 2.54. The van der Waals surface area contributed by atoms with Gasteiger partial charge in [-0.15, -0.1) is 0 Å². The van der Waals surface area contributed by atoms with Gasteiger partial charge in [-0.3, -0.25) is 14.2 Å². The van der Waals surface area contributed by atoms with Crippen LogP contribution in [-0.2, 0) is 23.2 Å². The number of hydrogen-bond acceptors (Lipinski definition) is 6. The van der Waals surface area contributed by atoms with Gasteiger partial charge in [0.05, 0.1) is 7.05 Å². The Labute approximate surface area is 112 Å². The summed E-state index contributed by atoms with van der Waals surface area (Å²) in [5.74, 6) is -2.39. The Morgan fingerprint density at radius 1 is 1.55 bits per heavy atom. The highest BCUT2D eigenvalue weighted by molar-refractivity contribution is 5.80. The second-order valence-corrected chi connectivity index (χ2v) is 4.08. The fourth-order valence-corrected chi connectivity index (χ4v) is 1.77. The minimum absolute atomic E-state index is 0.180. The van der Waals surface area contributed by atoms with Crippen molar-refractivity contribution in [2.24, 2.45) is 7.05 Å². The van der Waals surface area contributed by atoms with E-state index in [1.54, 1.807) is 7.05 Å². The monoisotopic (exact) mass is 280 g/mol. The van der Waals surface area contributed by atoms with E-state index in [0.717, 1.165) is 0 Å². The highest BCUT2D eigenvalue weighted by Crippen LogP contribution is 2.16. The molecule has 2 aromatic heterocycles. The Kier molecular flexibility index (Phi) is 3.37. The lowest BCUT2D eigenvalue weighted by atomic mass is 10.5. The van der Waals surface area contributed by atoms with E-state index in [1.807, 2.05) is 0 Å². The molecule has 10 nitrogen and oxygen atoms in total. The van der Waals surface area contributed by atoms with Crippen molar-refractivity contribution < 1.29 is 24.4 Å². The second kappa shape index (κ2) is 4.99. The number of fused-ring (bicyclic) bond motifs is 1. The van der Waals surface area contributed by atoms with E-state index in [-0.39, 0.29) is 23.7 Å².